The van der Waals surface area contributed by atoms with Crippen LogP contribution in [0.2, 0.25) is 0 Å². The number of nitrogens with zero attached hydrogens (tertiary/aromatic N) is 5. The Bertz CT molecular complexity index is 1910. The van der Waals surface area contributed by atoms with Crippen LogP contribution in [0, 0.1) is 45.3 Å². The van der Waals surface area contributed by atoms with Gasteiger partial charge in [-0.3, -0.25) is 0 Å². The lowest BCUT2D eigenvalue weighted by Gasteiger charge is -2.15. The summed E-state index contributed by atoms with van der Waals surface area (Å²) in [6, 6.07) is 41.0. The number of hydrogen-bond donors (Lipinski definition) is 0. The summed E-state index contributed by atoms with van der Waals surface area (Å²) in [4.78, 5) is 0. The van der Waals surface area contributed by atoms with Crippen LogP contribution in [-0.4, -0.2) is 4.57 Å². The molecule has 0 fully saturated rings. The first-order valence-electron chi connectivity index (χ1n) is 12.2. The van der Waals surface area contributed by atoms with Gasteiger partial charge in [0.25, 0.3) is 0 Å². The first-order chi connectivity index (χ1) is 19.2. The van der Waals surface area contributed by atoms with Crippen LogP contribution in [0.3, 0.4) is 0 Å². The van der Waals surface area contributed by atoms with Gasteiger partial charge < -0.3 is 4.57 Å². The van der Waals surface area contributed by atoms with Crippen molar-refractivity contribution in [2.24, 2.45) is 0 Å². The molecule has 6 aromatic rings. The molecule has 0 aliphatic heterocycles. The van der Waals surface area contributed by atoms with Crippen LogP contribution in [0.25, 0.3) is 49.7 Å². The number of hydrogen-bond acceptors (Lipinski definition) is 4. The van der Waals surface area contributed by atoms with E-state index in [2.05, 4.69) is 28.8 Å². The van der Waals surface area contributed by atoms with Gasteiger partial charge in [0.1, 0.15) is 0 Å². The molecule has 0 atom stereocenters. The van der Waals surface area contributed by atoms with Gasteiger partial charge in [0.2, 0.25) is 0 Å². The molecule has 39 heavy (non-hydrogen) atoms. The van der Waals surface area contributed by atoms with Crippen molar-refractivity contribution < 1.29 is 0 Å². The van der Waals surface area contributed by atoms with Crippen molar-refractivity contribution >= 4 is 21.8 Å². The monoisotopic (exact) mass is 495 g/mol. The van der Waals surface area contributed by atoms with E-state index in [1.807, 2.05) is 66.7 Å². The Kier molecular flexibility index (Phi) is 5.60. The van der Waals surface area contributed by atoms with Gasteiger partial charge in [-0.05, 0) is 36.4 Å². The summed E-state index contributed by atoms with van der Waals surface area (Å²) >= 11 is 0. The van der Waals surface area contributed by atoms with Crippen LogP contribution >= 0.6 is 0 Å². The van der Waals surface area contributed by atoms with Crippen LogP contribution in [-0.2, 0) is 0 Å². The van der Waals surface area contributed by atoms with Crippen molar-refractivity contribution in [2.75, 3.05) is 0 Å². The van der Waals surface area contributed by atoms with Crippen LogP contribution in [0.5, 0.6) is 0 Å². The standard InChI is InChI=1S/C34H17N5/c35-18-22-8-4-9-23(19-36)31(22)29-16-6-14-27-28-15-7-17-30(32-24(20-37)10-5-11-25(32)21-38)34(28)39(33(27)29)26-12-2-1-3-13-26/h1-17H. The van der Waals surface area contributed by atoms with Crippen LogP contribution in [0.15, 0.2) is 103 Å². The van der Waals surface area contributed by atoms with E-state index in [-0.39, 0.29) is 0 Å². The second kappa shape index (κ2) is 9.38. The van der Waals surface area contributed by atoms with Crippen molar-refractivity contribution in [3.63, 3.8) is 0 Å². The molecule has 0 amide bonds. The fourth-order valence-corrected chi connectivity index (χ4v) is 5.41. The topological polar surface area (TPSA) is 100 Å². The molecule has 6 rings (SSSR count). The molecule has 1 aromatic heterocycles. The number of para-hydroxylation sites is 3. The molecular weight excluding hydrogens is 478 g/mol. The Balaban J connectivity index is 1.89. The molecule has 0 N–H and O–H groups in total. The lowest BCUT2D eigenvalue weighted by Crippen LogP contribution is -1.99. The van der Waals surface area contributed by atoms with Crippen molar-refractivity contribution in [1.82, 2.24) is 4.57 Å². The van der Waals surface area contributed by atoms with Crippen LogP contribution in [0.4, 0.5) is 0 Å². The van der Waals surface area contributed by atoms with Crippen molar-refractivity contribution in [2.45, 2.75) is 0 Å². The van der Waals surface area contributed by atoms with Crippen molar-refractivity contribution in [3.05, 3.63) is 125 Å². The zero-order valence-electron chi connectivity index (χ0n) is 20.6. The van der Waals surface area contributed by atoms with E-state index in [9.17, 15) is 21.0 Å². The molecule has 1 heterocycles. The summed E-state index contributed by atoms with van der Waals surface area (Å²) in [6.45, 7) is 0. The maximum absolute atomic E-state index is 9.98. The Hall–Kier alpha value is -6.14. The molecule has 0 radical (unpaired) electrons. The summed E-state index contributed by atoms with van der Waals surface area (Å²) < 4.78 is 2.11. The molecule has 5 nitrogen and oxygen atoms in total. The molecule has 5 heteroatoms. The summed E-state index contributed by atoms with van der Waals surface area (Å²) in [5.41, 5.74) is 6.83. The Morgan fingerprint density at radius 1 is 0.410 bits per heavy atom. The molecule has 0 bridgehead atoms. The highest BCUT2D eigenvalue weighted by molar-refractivity contribution is 6.18. The van der Waals surface area contributed by atoms with Gasteiger partial charge in [-0.25, -0.2) is 0 Å². The first kappa shape index (κ1) is 23.3. The number of aromatic nitrogens is 1. The minimum absolute atomic E-state index is 0.410. The number of rotatable bonds is 3. The molecule has 0 saturated carbocycles. The maximum Gasteiger partial charge on any atom is 0.0998 e. The third-order valence-electron chi connectivity index (χ3n) is 6.97. The molecule has 0 aliphatic rings. The summed E-state index contributed by atoms with van der Waals surface area (Å²) in [5.74, 6) is 0. The second-order valence-corrected chi connectivity index (χ2v) is 8.98. The van der Waals surface area contributed by atoms with Gasteiger partial charge in [-0.2, -0.15) is 21.0 Å². The third-order valence-corrected chi connectivity index (χ3v) is 6.97. The molecule has 0 aliphatic carbocycles. The first-order valence-corrected chi connectivity index (χ1v) is 12.2. The van der Waals surface area contributed by atoms with Crippen LogP contribution < -0.4 is 0 Å². The van der Waals surface area contributed by atoms with Gasteiger partial charge >= 0.3 is 0 Å². The summed E-state index contributed by atoms with van der Waals surface area (Å²) in [6.07, 6.45) is 0. The van der Waals surface area contributed by atoms with E-state index in [4.69, 9.17) is 0 Å². The average molecular weight is 496 g/mol. The van der Waals surface area contributed by atoms with Gasteiger partial charge in [0.15, 0.2) is 0 Å². The van der Waals surface area contributed by atoms with Crippen molar-refractivity contribution in [1.29, 1.82) is 21.0 Å². The SMILES string of the molecule is N#Cc1cccc(C#N)c1-c1cccc2c3cccc(-c4c(C#N)cccc4C#N)c3n(-c3ccccc3)c12. The van der Waals surface area contributed by atoms with Gasteiger partial charge in [0, 0.05) is 38.7 Å². The number of fused-ring (bicyclic) bond motifs is 3. The highest BCUT2D eigenvalue weighted by Gasteiger charge is 2.23. The summed E-state index contributed by atoms with van der Waals surface area (Å²) in [5, 5.41) is 41.8. The average Bonchev–Trinajstić information content (AvgIpc) is 3.35. The zero-order chi connectivity index (χ0) is 26.9. The lowest BCUT2D eigenvalue weighted by atomic mass is 9.93. The quantitative estimate of drug-likeness (QED) is 0.252. The summed E-state index contributed by atoms with van der Waals surface area (Å²) in [7, 11) is 0. The van der Waals surface area contributed by atoms with Gasteiger partial charge in [-0.1, -0.05) is 66.7 Å². The molecule has 0 saturated heterocycles. The highest BCUT2D eigenvalue weighted by atomic mass is 15.0. The van der Waals surface area contributed by atoms with Gasteiger partial charge in [-0.15, -0.1) is 0 Å². The van der Waals surface area contributed by atoms with E-state index in [1.54, 1.807) is 36.4 Å². The predicted octanol–water partition coefficient (Wildman–Crippen LogP) is 7.60. The number of benzene rings is 5. The van der Waals surface area contributed by atoms with Crippen molar-refractivity contribution in [3.8, 4) is 52.2 Å². The van der Waals surface area contributed by atoms with E-state index >= 15 is 0 Å². The molecule has 0 spiro atoms. The van der Waals surface area contributed by atoms with E-state index in [0.29, 0.717) is 33.4 Å². The Morgan fingerprint density at radius 3 is 1.18 bits per heavy atom. The normalized spacial score (nSPS) is 10.5. The molecule has 178 valence electrons. The predicted molar refractivity (Wildman–Crippen MR) is 151 cm³/mol. The van der Waals surface area contributed by atoms with Gasteiger partial charge in [0.05, 0.1) is 57.6 Å². The fraction of sp³-hybridized carbons (Fsp3) is 0. The van der Waals surface area contributed by atoms with E-state index in [1.165, 1.54) is 0 Å². The molecule has 0 unspecified atom stereocenters. The van der Waals surface area contributed by atoms with E-state index in [0.717, 1.165) is 38.6 Å². The fourth-order valence-electron chi connectivity index (χ4n) is 5.41. The maximum atomic E-state index is 9.98. The zero-order valence-corrected chi connectivity index (χ0v) is 20.6. The second-order valence-electron chi connectivity index (χ2n) is 8.98. The molecular formula is C34H17N5. The lowest BCUT2D eigenvalue weighted by molar-refractivity contribution is 1.18. The van der Waals surface area contributed by atoms with Crippen LogP contribution in [0.1, 0.15) is 22.3 Å². The smallest absolute Gasteiger partial charge is 0.0998 e. The molecule has 5 aromatic carbocycles. The Morgan fingerprint density at radius 2 is 0.795 bits per heavy atom. The largest absolute Gasteiger partial charge is 0.308 e. The van der Waals surface area contributed by atoms with E-state index < -0.39 is 0 Å². The number of nitriles is 4. The Labute approximate surface area is 224 Å². The minimum atomic E-state index is 0.410. The minimum Gasteiger partial charge on any atom is -0.308 e. The third kappa shape index (κ3) is 3.52. The highest BCUT2D eigenvalue weighted by Crippen LogP contribution is 2.44.